The molecule has 2 heterocycles. The van der Waals surface area contributed by atoms with Crippen molar-refractivity contribution in [2.24, 2.45) is 0 Å². The number of methoxy groups -OCH3 is 1. The van der Waals surface area contributed by atoms with E-state index >= 15 is 0 Å². The van der Waals surface area contributed by atoms with Crippen molar-refractivity contribution in [1.82, 2.24) is 19.6 Å². The number of carbonyl (C=O) groups excluding carboxylic acids is 2. The molecule has 2 aromatic rings. The van der Waals surface area contributed by atoms with Gasteiger partial charge >= 0.3 is 12.2 Å². The lowest BCUT2D eigenvalue weighted by atomic mass is 10.1. The summed E-state index contributed by atoms with van der Waals surface area (Å²) in [6.07, 6.45) is -1.30. The lowest BCUT2D eigenvalue weighted by Crippen LogP contribution is -2.51. The van der Waals surface area contributed by atoms with Crippen LogP contribution in [0.3, 0.4) is 0 Å². The molecule has 30 heavy (non-hydrogen) atoms. The minimum Gasteiger partial charge on any atom is -0.383 e. The first-order valence-corrected chi connectivity index (χ1v) is 9.32. The summed E-state index contributed by atoms with van der Waals surface area (Å²) in [4.78, 5) is 28.0. The number of aromatic nitrogens is 2. The number of nitrogens with one attached hydrogen (secondary N) is 1. The SMILES string of the molecule is COCCn1cc(NC(=O)N2CCN(C(=O)c3cccc(C(F)(F)F)c3)CC2)cn1. The fourth-order valence-electron chi connectivity index (χ4n) is 3.06. The molecular formula is C19H22F3N5O3. The van der Waals surface area contributed by atoms with Gasteiger partial charge in [0.2, 0.25) is 0 Å². The molecule has 0 bridgehead atoms. The first-order chi connectivity index (χ1) is 14.3. The average Bonchev–Trinajstić information content (AvgIpc) is 3.18. The number of anilines is 1. The third kappa shape index (κ3) is 5.29. The summed E-state index contributed by atoms with van der Waals surface area (Å²) >= 11 is 0. The van der Waals surface area contributed by atoms with Gasteiger partial charge in [-0.1, -0.05) is 6.07 Å². The van der Waals surface area contributed by atoms with Gasteiger partial charge in [0.1, 0.15) is 0 Å². The first kappa shape index (κ1) is 21.6. The lowest BCUT2D eigenvalue weighted by Gasteiger charge is -2.34. The van der Waals surface area contributed by atoms with E-state index in [2.05, 4.69) is 10.4 Å². The lowest BCUT2D eigenvalue weighted by molar-refractivity contribution is -0.137. The van der Waals surface area contributed by atoms with Gasteiger partial charge in [0.05, 0.1) is 30.6 Å². The number of hydrogen-bond donors (Lipinski definition) is 1. The minimum absolute atomic E-state index is 0.0220. The van der Waals surface area contributed by atoms with Gasteiger partial charge in [-0.3, -0.25) is 9.48 Å². The molecule has 1 saturated heterocycles. The van der Waals surface area contributed by atoms with E-state index in [9.17, 15) is 22.8 Å². The summed E-state index contributed by atoms with van der Waals surface area (Å²) in [5.74, 6) is -0.486. The van der Waals surface area contributed by atoms with E-state index in [0.717, 1.165) is 12.1 Å². The molecule has 0 aliphatic carbocycles. The average molecular weight is 425 g/mol. The van der Waals surface area contributed by atoms with E-state index in [1.807, 2.05) is 0 Å². The third-order valence-electron chi connectivity index (χ3n) is 4.70. The molecule has 0 radical (unpaired) electrons. The summed E-state index contributed by atoms with van der Waals surface area (Å²) < 4.78 is 45.2. The third-order valence-corrected chi connectivity index (χ3v) is 4.70. The number of alkyl halides is 3. The van der Waals surface area contributed by atoms with Crippen LogP contribution in [0.4, 0.5) is 23.7 Å². The van der Waals surface area contributed by atoms with E-state index in [4.69, 9.17) is 4.74 Å². The quantitative estimate of drug-likeness (QED) is 0.799. The van der Waals surface area contributed by atoms with E-state index < -0.39 is 17.6 Å². The second kappa shape index (κ2) is 9.16. The molecule has 1 fully saturated rings. The van der Waals surface area contributed by atoms with Crippen LogP contribution in [0.1, 0.15) is 15.9 Å². The van der Waals surface area contributed by atoms with Crippen molar-refractivity contribution in [3.8, 4) is 0 Å². The number of amides is 3. The van der Waals surface area contributed by atoms with Gasteiger partial charge in [0, 0.05) is 45.0 Å². The molecule has 0 spiro atoms. The largest absolute Gasteiger partial charge is 0.416 e. The van der Waals surface area contributed by atoms with Crippen molar-refractivity contribution in [3.63, 3.8) is 0 Å². The minimum atomic E-state index is -4.51. The molecule has 1 aliphatic heterocycles. The molecule has 1 N–H and O–H groups in total. The number of carbonyl (C=O) groups is 2. The topological polar surface area (TPSA) is 79.7 Å². The van der Waals surface area contributed by atoms with Crippen LogP contribution in [0.2, 0.25) is 0 Å². The Morgan fingerprint density at radius 3 is 2.53 bits per heavy atom. The monoisotopic (exact) mass is 425 g/mol. The second-order valence-electron chi connectivity index (χ2n) is 6.77. The van der Waals surface area contributed by atoms with Crippen LogP contribution in [0, 0.1) is 0 Å². The molecule has 0 saturated carbocycles. The Kier molecular flexibility index (Phi) is 6.60. The predicted octanol–water partition coefficient (Wildman–Crippen LogP) is 2.54. The maximum absolute atomic E-state index is 12.9. The van der Waals surface area contributed by atoms with Gasteiger partial charge in [-0.05, 0) is 18.2 Å². The summed E-state index contributed by atoms with van der Waals surface area (Å²) in [5.41, 5.74) is -0.345. The van der Waals surface area contributed by atoms with Crippen molar-refractivity contribution in [1.29, 1.82) is 0 Å². The van der Waals surface area contributed by atoms with Crippen LogP contribution in [-0.4, -0.2) is 71.4 Å². The molecule has 3 amide bonds. The maximum Gasteiger partial charge on any atom is 0.416 e. The molecule has 8 nitrogen and oxygen atoms in total. The van der Waals surface area contributed by atoms with Crippen molar-refractivity contribution in [2.75, 3.05) is 45.2 Å². The van der Waals surface area contributed by atoms with E-state index in [1.54, 1.807) is 22.9 Å². The van der Waals surface area contributed by atoms with Gasteiger partial charge in [-0.15, -0.1) is 0 Å². The predicted molar refractivity (Wildman–Crippen MR) is 102 cm³/mol. The molecule has 1 aromatic heterocycles. The Bertz CT molecular complexity index is 892. The number of nitrogens with zero attached hydrogens (tertiary/aromatic N) is 4. The van der Waals surface area contributed by atoms with Crippen LogP contribution in [-0.2, 0) is 17.5 Å². The van der Waals surface area contributed by atoms with E-state index in [-0.39, 0.29) is 37.8 Å². The van der Waals surface area contributed by atoms with Gasteiger partial charge in [-0.25, -0.2) is 4.79 Å². The van der Waals surface area contributed by atoms with Crippen molar-refractivity contribution in [3.05, 3.63) is 47.8 Å². The van der Waals surface area contributed by atoms with Crippen LogP contribution in [0.25, 0.3) is 0 Å². The number of ether oxygens (including phenoxy) is 1. The van der Waals surface area contributed by atoms with Crippen molar-refractivity contribution in [2.45, 2.75) is 12.7 Å². The standard InChI is InChI=1S/C19H22F3N5O3/c1-30-10-9-27-13-16(12-23-27)24-18(29)26-7-5-25(6-8-26)17(28)14-3-2-4-15(11-14)19(20,21)22/h2-4,11-13H,5-10H2,1H3,(H,24,29). The summed E-state index contributed by atoms with van der Waals surface area (Å²) in [5, 5.41) is 6.86. The Hall–Kier alpha value is -3.08. The number of hydrogen-bond acceptors (Lipinski definition) is 4. The molecule has 0 atom stereocenters. The normalized spacial score (nSPS) is 14.7. The highest BCUT2D eigenvalue weighted by Crippen LogP contribution is 2.29. The van der Waals surface area contributed by atoms with E-state index in [0.29, 0.717) is 18.8 Å². The molecular weight excluding hydrogens is 403 g/mol. The second-order valence-corrected chi connectivity index (χ2v) is 6.77. The van der Waals surface area contributed by atoms with Gasteiger partial charge in [0.15, 0.2) is 0 Å². The van der Waals surface area contributed by atoms with Crippen molar-refractivity contribution >= 4 is 17.6 Å². The van der Waals surface area contributed by atoms with Gasteiger partial charge < -0.3 is 19.9 Å². The number of piperazine rings is 1. The van der Waals surface area contributed by atoms with Crippen LogP contribution >= 0.6 is 0 Å². The maximum atomic E-state index is 12.9. The Morgan fingerprint density at radius 1 is 1.17 bits per heavy atom. The molecule has 1 aliphatic rings. The zero-order chi connectivity index (χ0) is 21.7. The molecule has 3 rings (SSSR count). The smallest absolute Gasteiger partial charge is 0.383 e. The van der Waals surface area contributed by atoms with Crippen molar-refractivity contribution < 1.29 is 27.5 Å². The van der Waals surface area contributed by atoms with Crippen LogP contribution in [0.5, 0.6) is 0 Å². The molecule has 11 heteroatoms. The number of halogens is 3. The highest BCUT2D eigenvalue weighted by molar-refractivity contribution is 5.95. The fourth-order valence-corrected chi connectivity index (χ4v) is 3.06. The zero-order valence-electron chi connectivity index (χ0n) is 16.4. The number of rotatable bonds is 5. The summed E-state index contributed by atoms with van der Waals surface area (Å²) in [6.45, 7) is 2.06. The highest BCUT2D eigenvalue weighted by Gasteiger charge is 2.32. The highest BCUT2D eigenvalue weighted by atomic mass is 19.4. The first-order valence-electron chi connectivity index (χ1n) is 9.32. The van der Waals surface area contributed by atoms with Gasteiger partial charge in [-0.2, -0.15) is 18.3 Å². The molecule has 162 valence electrons. The van der Waals surface area contributed by atoms with E-state index in [1.165, 1.54) is 23.2 Å². The number of urea groups is 1. The molecule has 0 unspecified atom stereocenters. The van der Waals surface area contributed by atoms with Gasteiger partial charge in [0.25, 0.3) is 5.91 Å². The summed E-state index contributed by atoms with van der Waals surface area (Å²) in [7, 11) is 1.59. The number of benzene rings is 1. The Morgan fingerprint density at radius 2 is 1.87 bits per heavy atom. The zero-order valence-corrected chi connectivity index (χ0v) is 16.4. The van der Waals surface area contributed by atoms with Crippen LogP contribution in [0.15, 0.2) is 36.7 Å². The Balaban J connectivity index is 1.53. The van der Waals surface area contributed by atoms with Crippen LogP contribution < -0.4 is 5.32 Å². The Labute approximate surface area is 171 Å². The fraction of sp³-hybridized carbons (Fsp3) is 0.421. The summed E-state index contributed by atoms with van der Waals surface area (Å²) in [6, 6.07) is 4.02. The molecule has 1 aromatic carbocycles.